The molecule has 1 fully saturated rings. The number of hydrogen-bond donors (Lipinski definition) is 1. The zero-order chi connectivity index (χ0) is 14.8. The van der Waals surface area contributed by atoms with Crippen molar-refractivity contribution in [3.05, 3.63) is 6.33 Å². The molecule has 5 nitrogen and oxygen atoms in total. The minimum Gasteiger partial charge on any atom is -0.396 e. The summed E-state index contributed by atoms with van der Waals surface area (Å²) in [6, 6.07) is 0.491. The Balaban J connectivity index is 1.84. The average molecular weight is 324 g/mol. The molecule has 0 amide bonds. The third kappa shape index (κ3) is 3.00. The van der Waals surface area contributed by atoms with Gasteiger partial charge in [-0.2, -0.15) is 0 Å². The Labute approximate surface area is 132 Å². The first-order valence-corrected chi connectivity index (χ1v) is 9.26. The highest BCUT2D eigenvalue weighted by molar-refractivity contribution is 8.00. The van der Waals surface area contributed by atoms with Crippen LogP contribution in [0.3, 0.4) is 0 Å². The summed E-state index contributed by atoms with van der Waals surface area (Å²) < 4.78 is 2.11. The normalized spacial score (nSPS) is 22.6. The zero-order valence-corrected chi connectivity index (χ0v) is 14.0. The van der Waals surface area contributed by atoms with E-state index < -0.39 is 0 Å². The van der Waals surface area contributed by atoms with Gasteiger partial charge in [-0.1, -0.05) is 11.8 Å². The lowest BCUT2D eigenvalue weighted by Crippen LogP contribution is -2.36. The minimum absolute atomic E-state index is 0.320. The number of nitrogens with zero attached hydrogens (tertiary/aromatic N) is 4. The molecule has 0 spiro atoms. The van der Waals surface area contributed by atoms with Gasteiger partial charge >= 0.3 is 0 Å². The van der Waals surface area contributed by atoms with Crippen LogP contribution in [0.4, 0.5) is 5.82 Å². The van der Waals surface area contributed by atoms with Gasteiger partial charge in [-0.15, -0.1) is 11.3 Å². The molecule has 2 heterocycles. The molecule has 2 aromatic rings. The van der Waals surface area contributed by atoms with Gasteiger partial charge in [0.2, 0.25) is 0 Å². The van der Waals surface area contributed by atoms with Gasteiger partial charge in [-0.25, -0.2) is 15.0 Å². The molecule has 1 aliphatic carbocycles. The van der Waals surface area contributed by atoms with Crippen LogP contribution in [0, 0.1) is 5.92 Å². The number of anilines is 1. The van der Waals surface area contributed by atoms with Crippen molar-refractivity contribution in [1.29, 1.82) is 0 Å². The van der Waals surface area contributed by atoms with Crippen LogP contribution in [0.2, 0.25) is 0 Å². The van der Waals surface area contributed by atoms with E-state index in [-0.39, 0.29) is 0 Å². The molecule has 7 heteroatoms. The summed E-state index contributed by atoms with van der Waals surface area (Å²) in [6.07, 6.45) is 8.06. The molecule has 0 unspecified atom stereocenters. The zero-order valence-electron chi connectivity index (χ0n) is 12.3. The molecular weight excluding hydrogens is 304 g/mol. The highest BCUT2D eigenvalue weighted by Crippen LogP contribution is 2.35. The standard InChI is InChI=1S/C14H20N4OS2/c1-18(10-5-3-9(7-19)4-6-10)13-11-12(15-8-16-13)17-14(20-2)21-11/h8-10,19H,3-7H2,1-2H3. The summed E-state index contributed by atoms with van der Waals surface area (Å²) in [7, 11) is 2.12. The van der Waals surface area contributed by atoms with Crippen LogP contribution in [-0.4, -0.2) is 46.0 Å². The van der Waals surface area contributed by atoms with Crippen molar-refractivity contribution in [2.45, 2.75) is 36.1 Å². The second-order valence-corrected chi connectivity index (χ2v) is 7.55. The molecule has 1 aliphatic rings. The van der Waals surface area contributed by atoms with Gasteiger partial charge in [-0.3, -0.25) is 0 Å². The molecule has 21 heavy (non-hydrogen) atoms. The molecule has 0 atom stereocenters. The molecular formula is C14H20N4OS2. The number of aromatic nitrogens is 3. The number of thiazole rings is 1. The van der Waals surface area contributed by atoms with E-state index in [1.807, 2.05) is 6.26 Å². The molecule has 0 saturated heterocycles. The highest BCUT2D eigenvalue weighted by atomic mass is 32.2. The first-order chi connectivity index (χ1) is 10.2. The van der Waals surface area contributed by atoms with Crippen molar-refractivity contribution in [2.24, 2.45) is 5.92 Å². The Kier molecular flexibility index (Phi) is 4.61. The highest BCUT2D eigenvalue weighted by Gasteiger charge is 2.26. The Bertz CT molecular complexity index is 610. The minimum atomic E-state index is 0.320. The molecule has 0 aliphatic heterocycles. The Morgan fingerprint density at radius 1 is 1.33 bits per heavy atom. The first kappa shape index (κ1) is 15.0. The second kappa shape index (κ2) is 6.46. The Morgan fingerprint density at radius 2 is 2.10 bits per heavy atom. The predicted octanol–water partition coefficient (Wildman–Crippen LogP) is 2.80. The van der Waals surface area contributed by atoms with Crippen molar-refractivity contribution in [3.8, 4) is 0 Å². The Morgan fingerprint density at radius 3 is 2.76 bits per heavy atom. The Hall–Kier alpha value is -0.920. The largest absolute Gasteiger partial charge is 0.396 e. The molecule has 3 rings (SSSR count). The average Bonchev–Trinajstić information content (AvgIpc) is 2.97. The summed E-state index contributed by atoms with van der Waals surface area (Å²) in [4.78, 5) is 15.6. The van der Waals surface area contributed by atoms with Crippen LogP contribution in [0.25, 0.3) is 10.3 Å². The monoisotopic (exact) mass is 324 g/mol. The number of fused-ring (bicyclic) bond motifs is 1. The SMILES string of the molecule is CSc1nc2ncnc(N(C)C3CCC(CO)CC3)c2s1. The van der Waals surface area contributed by atoms with Crippen molar-refractivity contribution in [2.75, 3.05) is 24.8 Å². The van der Waals surface area contributed by atoms with Crippen molar-refractivity contribution in [1.82, 2.24) is 15.0 Å². The number of thioether (sulfide) groups is 1. The molecule has 2 aromatic heterocycles. The van der Waals surface area contributed by atoms with E-state index in [9.17, 15) is 5.11 Å². The van der Waals surface area contributed by atoms with E-state index in [0.717, 1.165) is 46.2 Å². The number of rotatable bonds is 4. The van der Waals surface area contributed by atoms with E-state index in [0.29, 0.717) is 18.6 Å². The summed E-state index contributed by atoms with van der Waals surface area (Å²) >= 11 is 3.31. The van der Waals surface area contributed by atoms with E-state index in [4.69, 9.17) is 0 Å². The van der Waals surface area contributed by atoms with Gasteiger partial charge in [0.15, 0.2) is 15.8 Å². The van der Waals surface area contributed by atoms with E-state index in [1.165, 1.54) is 0 Å². The maximum Gasteiger partial charge on any atom is 0.176 e. The van der Waals surface area contributed by atoms with Gasteiger partial charge in [0, 0.05) is 19.7 Å². The lowest BCUT2D eigenvalue weighted by molar-refractivity contribution is 0.182. The van der Waals surface area contributed by atoms with E-state index >= 15 is 0 Å². The van der Waals surface area contributed by atoms with Gasteiger partial charge in [0.05, 0.1) is 0 Å². The summed E-state index contributed by atoms with van der Waals surface area (Å²) in [5.74, 6) is 1.47. The van der Waals surface area contributed by atoms with E-state index in [1.54, 1.807) is 29.4 Å². The summed E-state index contributed by atoms with van der Waals surface area (Å²) in [5.41, 5.74) is 0.797. The number of hydrogen-bond acceptors (Lipinski definition) is 7. The predicted molar refractivity (Wildman–Crippen MR) is 88.2 cm³/mol. The van der Waals surface area contributed by atoms with Crippen LogP contribution in [0.1, 0.15) is 25.7 Å². The molecule has 114 valence electrons. The maximum atomic E-state index is 9.26. The van der Waals surface area contributed by atoms with Crippen LogP contribution >= 0.6 is 23.1 Å². The fourth-order valence-corrected chi connectivity index (χ4v) is 4.49. The van der Waals surface area contributed by atoms with Crippen molar-refractivity contribution < 1.29 is 5.11 Å². The van der Waals surface area contributed by atoms with Crippen LogP contribution < -0.4 is 4.90 Å². The third-order valence-corrected chi connectivity index (χ3v) is 6.31. The smallest absolute Gasteiger partial charge is 0.176 e. The second-order valence-electron chi connectivity index (χ2n) is 5.50. The van der Waals surface area contributed by atoms with Crippen LogP contribution in [0.5, 0.6) is 0 Å². The van der Waals surface area contributed by atoms with E-state index in [2.05, 4.69) is 26.9 Å². The number of aliphatic hydroxyl groups excluding tert-OH is 1. The van der Waals surface area contributed by atoms with Gasteiger partial charge in [0.25, 0.3) is 0 Å². The molecule has 1 saturated carbocycles. The van der Waals surface area contributed by atoms with Gasteiger partial charge < -0.3 is 10.0 Å². The fraction of sp³-hybridized carbons (Fsp3) is 0.643. The lowest BCUT2D eigenvalue weighted by atomic mass is 9.86. The first-order valence-electron chi connectivity index (χ1n) is 7.22. The van der Waals surface area contributed by atoms with Crippen molar-refractivity contribution in [3.63, 3.8) is 0 Å². The molecule has 0 aromatic carbocycles. The quantitative estimate of drug-likeness (QED) is 0.873. The molecule has 0 bridgehead atoms. The third-order valence-electron chi connectivity index (χ3n) is 4.28. The fourth-order valence-electron chi connectivity index (χ4n) is 2.95. The maximum absolute atomic E-state index is 9.26. The van der Waals surface area contributed by atoms with Crippen LogP contribution in [0.15, 0.2) is 10.7 Å². The van der Waals surface area contributed by atoms with Gasteiger partial charge in [0.1, 0.15) is 11.0 Å². The molecule has 0 radical (unpaired) electrons. The summed E-state index contributed by atoms with van der Waals surface area (Å²) in [5, 5.41) is 9.26. The van der Waals surface area contributed by atoms with Crippen LogP contribution in [-0.2, 0) is 0 Å². The van der Waals surface area contributed by atoms with Gasteiger partial charge in [-0.05, 0) is 37.9 Å². The van der Waals surface area contributed by atoms with Crippen molar-refractivity contribution >= 4 is 39.3 Å². The summed E-state index contributed by atoms with van der Waals surface area (Å²) in [6.45, 7) is 0.320. The molecule has 1 N–H and O–H groups in total. The topological polar surface area (TPSA) is 62.1 Å². The lowest BCUT2D eigenvalue weighted by Gasteiger charge is -2.34. The number of aliphatic hydroxyl groups is 1.